The summed E-state index contributed by atoms with van der Waals surface area (Å²) in [6.07, 6.45) is 0. The highest BCUT2D eigenvalue weighted by atomic mass is 35.5. The Morgan fingerprint density at radius 2 is 2.14 bits per heavy atom. The summed E-state index contributed by atoms with van der Waals surface area (Å²) < 4.78 is 1.05. The zero-order valence-corrected chi connectivity index (χ0v) is 9.59. The first-order chi connectivity index (χ1) is 6.77. The molecule has 0 radical (unpaired) electrons. The fraction of sp³-hybridized carbons (Fsp3) is 0.200. The second kappa shape index (κ2) is 4.07. The predicted octanol–water partition coefficient (Wildman–Crippen LogP) is 3.79. The molecule has 74 valence electrons. The number of rotatable bonds is 2. The minimum atomic E-state index is 0.0259. The van der Waals surface area contributed by atoms with Gasteiger partial charge in [0.25, 0.3) is 0 Å². The first kappa shape index (κ1) is 10.2. The van der Waals surface area contributed by atoms with E-state index in [1.54, 1.807) is 11.3 Å². The van der Waals surface area contributed by atoms with E-state index in [1.165, 1.54) is 0 Å². The lowest BCUT2D eigenvalue weighted by Crippen LogP contribution is -1.88. The van der Waals surface area contributed by atoms with Gasteiger partial charge in [-0.05, 0) is 28.6 Å². The van der Waals surface area contributed by atoms with Gasteiger partial charge in [-0.3, -0.25) is 0 Å². The monoisotopic (exact) mass is 246 g/mol. The van der Waals surface area contributed by atoms with Crippen LogP contribution in [0, 0.1) is 0 Å². The van der Waals surface area contributed by atoms with Crippen LogP contribution in [0.15, 0.2) is 17.5 Å². The van der Waals surface area contributed by atoms with Crippen molar-refractivity contribution in [3.05, 3.63) is 33.7 Å². The van der Waals surface area contributed by atoms with Gasteiger partial charge in [-0.25, -0.2) is 0 Å². The van der Waals surface area contributed by atoms with Crippen molar-refractivity contribution in [2.45, 2.75) is 12.5 Å². The Morgan fingerprint density at radius 1 is 1.36 bits per heavy atom. The fourth-order valence-corrected chi connectivity index (χ4v) is 2.98. The molecule has 2 rings (SSSR count). The highest BCUT2D eigenvalue weighted by molar-refractivity contribution is 7.17. The highest BCUT2D eigenvalue weighted by Crippen LogP contribution is 2.34. The molecule has 0 fully saturated rings. The van der Waals surface area contributed by atoms with Crippen molar-refractivity contribution in [1.82, 2.24) is 0 Å². The van der Waals surface area contributed by atoms with Crippen LogP contribution in [-0.4, -0.2) is 5.11 Å². The van der Waals surface area contributed by atoms with Gasteiger partial charge in [0, 0.05) is 16.0 Å². The van der Waals surface area contributed by atoms with Crippen molar-refractivity contribution in [2.75, 3.05) is 0 Å². The van der Waals surface area contributed by atoms with E-state index in [2.05, 4.69) is 0 Å². The largest absolute Gasteiger partial charge is 0.392 e. The van der Waals surface area contributed by atoms with E-state index in [-0.39, 0.29) is 6.61 Å². The molecular weight excluding hydrogens is 239 g/mol. The molecule has 0 spiro atoms. The third-order valence-electron chi connectivity index (χ3n) is 2.14. The van der Waals surface area contributed by atoms with Gasteiger partial charge in [0.1, 0.15) is 0 Å². The van der Waals surface area contributed by atoms with Gasteiger partial charge in [-0.1, -0.05) is 11.6 Å². The number of halogens is 2. The molecule has 0 saturated heterocycles. The van der Waals surface area contributed by atoms with Crippen LogP contribution in [0.5, 0.6) is 0 Å². The highest BCUT2D eigenvalue weighted by Gasteiger charge is 2.10. The second-order valence-corrected chi connectivity index (χ2v) is 4.53. The van der Waals surface area contributed by atoms with Crippen LogP contribution in [0.2, 0.25) is 5.02 Å². The molecule has 1 aromatic heterocycles. The summed E-state index contributed by atoms with van der Waals surface area (Å²) in [5.74, 6) is 0.373. The number of thiophene rings is 1. The van der Waals surface area contributed by atoms with E-state index in [0.29, 0.717) is 10.9 Å². The molecule has 0 amide bonds. The molecule has 1 aromatic carbocycles. The third-order valence-corrected chi connectivity index (χ3v) is 3.86. The van der Waals surface area contributed by atoms with Gasteiger partial charge in [-0.15, -0.1) is 22.9 Å². The maximum absolute atomic E-state index is 9.19. The Bertz CT molecular complexity index is 464. The van der Waals surface area contributed by atoms with E-state index >= 15 is 0 Å². The number of benzene rings is 1. The van der Waals surface area contributed by atoms with Gasteiger partial charge in [-0.2, -0.15) is 0 Å². The van der Waals surface area contributed by atoms with Gasteiger partial charge in [0.2, 0.25) is 0 Å². The van der Waals surface area contributed by atoms with Crippen molar-refractivity contribution in [1.29, 1.82) is 0 Å². The molecule has 4 heteroatoms. The summed E-state index contributed by atoms with van der Waals surface area (Å²) in [5, 5.41) is 12.8. The standard InChI is InChI=1S/C10H8Cl2OS/c11-4-6-3-7(5-13)10-8(9(6)12)1-2-14-10/h1-3,13H,4-5H2. The number of hydrogen-bond acceptors (Lipinski definition) is 2. The number of alkyl halides is 1. The van der Waals surface area contributed by atoms with E-state index in [1.807, 2.05) is 17.5 Å². The predicted molar refractivity (Wildman–Crippen MR) is 62.3 cm³/mol. The maximum Gasteiger partial charge on any atom is 0.0695 e. The minimum Gasteiger partial charge on any atom is -0.392 e. The van der Waals surface area contributed by atoms with Crippen molar-refractivity contribution in [3.8, 4) is 0 Å². The molecular formula is C10H8Cl2OS. The molecule has 0 bridgehead atoms. The first-order valence-corrected chi connectivity index (χ1v) is 5.91. The van der Waals surface area contributed by atoms with Gasteiger partial charge < -0.3 is 5.11 Å². The molecule has 0 saturated carbocycles. The molecule has 1 N–H and O–H groups in total. The number of aliphatic hydroxyl groups is 1. The molecule has 1 heterocycles. The van der Waals surface area contributed by atoms with E-state index in [0.717, 1.165) is 21.2 Å². The lowest BCUT2D eigenvalue weighted by Gasteiger charge is -2.05. The van der Waals surface area contributed by atoms with Crippen molar-refractivity contribution in [3.63, 3.8) is 0 Å². The Labute approximate surface area is 95.9 Å². The molecule has 0 atom stereocenters. The number of fused-ring (bicyclic) bond motifs is 1. The Morgan fingerprint density at radius 3 is 2.79 bits per heavy atom. The molecule has 0 aliphatic rings. The summed E-state index contributed by atoms with van der Waals surface area (Å²) >= 11 is 13.5. The quantitative estimate of drug-likeness (QED) is 0.800. The van der Waals surface area contributed by atoms with Crippen LogP contribution < -0.4 is 0 Å². The summed E-state index contributed by atoms with van der Waals surface area (Å²) in [7, 11) is 0. The average Bonchev–Trinajstić information content (AvgIpc) is 2.68. The summed E-state index contributed by atoms with van der Waals surface area (Å²) in [5.41, 5.74) is 1.78. The zero-order valence-electron chi connectivity index (χ0n) is 7.26. The number of aliphatic hydroxyl groups excluding tert-OH is 1. The molecule has 0 aliphatic carbocycles. The van der Waals surface area contributed by atoms with E-state index < -0.39 is 0 Å². The van der Waals surface area contributed by atoms with E-state index in [9.17, 15) is 5.11 Å². The van der Waals surface area contributed by atoms with Crippen LogP contribution in [-0.2, 0) is 12.5 Å². The molecule has 0 unspecified atom stereocenters. The zero-order chi connectivity index (χ0) is 10.1. The third kappa shape index (κ3) is 1.52. The summed E-state index contributed by atoms with van der Waals surface area (Å²) in [6, 6.07) is 3.83. The minimum absolute atomic E-state index is 0.0259. The SMILES string of the molecule is OCc1cc(CCl)c(Cl)c2ccsc12. The van der Waals surface area contributed by atoms with Crippen LogP contribution >= 0.6 is 34.5 Å². The average molecular weight is 247 g/mol. The van der Waals surface area contributed by atoms with Crippen molar-refractivity contribution < 1.29 is 5.11 Å². The Balaban J connectivity index is 2.80. The lowest BCUT2D eigenvalue weighted by atomic mass is 10.1. The summed E-state index contributed by atoms with van der Waals surface area (Å²) in [4.78, 5) is 0. The Kier molecular flexibility index (Phi) is 2.98. The maximum atomic E-state index is 9.19. The van der Waals surface area contributed by atoms with Crippen LogP contribution in [0.1, 0.15) is 11.1 Å². The lowest BCUT2D eigenvalue weighted by molar-refractivity contribution is 0.283. The topological polar surface area (TPSA) is 20.2 Å². The summed E-state index contributed by atoms with van der Waals surface area (Å²) in [6.45, 7) is 0.0259. The van der Waals surface area contributed by atoms with E-state index in [4.69, 9.17) is 23.2 Å². The Hall–Kier alpha value is -0.280. The normalized spacial score (nSPS) is 11.1. The smallest absolute Gasteiger partial charge is 0.0695 e. The van der Waals surface area contributed by atoms with Crippen molar-refractivity contribution >= 4 is 44.6 Å². The molecule has 1 nitrogen and oxygen atoms in total. The molecule has 0 aliphatic heterocycles. The van der Waals surface area contributed by atoms with Gasteiger partial charge in [0.15, 0.2) is 0 Å². The molecule has 2 aromatic rings. The first-order valence-electron chi connectivity index (χ1n) is 4.12. The van der Waals surface area contributed by atoms with Crippen LogP contribution in [0.25, 0.3) is 10.1 Å². The van der Waals surface area contributed by atoms with Crippen molar-refractivity contribution in [2.24, 2.45) is 0 Å². The van der Waals surface area contributed by atoms with Crippen LogP contribution in [0.3, 0.4) is 0 Å². The molecule has 14 heavy (non-hydrogen) atoms. The number of hydrogen-bond donors (Lipinski definition) is 1. The fourth-order valence-electron chi connectivity index (χ4n) is 1.46. The second-order valence-electron chi connectivity index (χ2n) is 2.96. The van der Waals surface area contributed by atoms with Gasteiger partial charge >= 0.3 is 0 Å². The van der Waals surface area contributed by atoms with Crippen LogP contribution in [0.4, 0.5) is 0 Å². The van der Waals surface area contributed by atoms with Gasteiger partial charge in [0.05, 0.1) is 11.6 Å².